The lowest BCUT2D eigenvalue weighted by Gasteiger charge is -2.06. The first-order valence-electron chi connectivity index (χ1n) is 5.19. The van der Waals surface area contributed by atoms with Crippen LogP contribution < -0.4 is 10.5 Å². The van der Waals surface area contributed by atoms with Crippen LogP contribution in [-0.4, -0.2) is 16.9 Å². The summed E-state index contributed by atoms with van der Waals surface area (Å²) in [6, 6.07) is 7.41. The number of hydrogen-bond donors (Lipinski definition) is 1. The number of rotatable bonds is 3. The van der Waals surface area contributed by atoms with Crippen molar-refractivity contribution in [3.8, 4) is 11.8 Å². The summed E-state index contributed by atoms with van der Waals surface area (Å²) in [5, 5.41) is 13.4. The van der Waals surface area contributed by atoms with E-state index in [1.165, 1.54) is 7.11 Å². The molecule has 1 aromatic heterocycles. The van der Waals surface area contributed by atoms with Gasteiger partial charge < -0.3 is 10.5 Å². The van der Waals surface area contributed by atoms with E-state index in [1.807, 2.05) is 6.07 Å². The Hall–Kier alpha value is -2.19. The number of nitrogens with zero attached hydrogens (tertiary/aromatic N) is 3. The van der Waals surface area contributed by atoms with Gasteiger partial charge in [-0.15, -0.1) is 0 Å². The zero-order valence-corrected chi connectivity index (χ0v) is 10.5. The SMILES string of the molecule is COc1cc(Cn2cc(Cl)c(N)n2)ccc1C#N. The monoisotopic (exact) mass is 262 g/mol. The second-order valence-electron chi connectivity index (χ2n) is 3.71. The molecule has 0 aliphatic rings. The molecule has 0 amide bonds. The second kappa shape index (κ2) is 4.98. The largest absolute Gasteiger partial charge is 0.495 e. The van der Waals surface area contributed by atoms with Crippen LogP contribution in [0.25, 0.3) is 0 Å². The minimum Gasteiger partial charge on any atom is -0.495 e. The molecule has 0 aliphatic heterocycles. The average molecular weight is 263 g/mol. The van der Waals surface area contributed by atoms with E-state index >= 15 is 0 Å². The van der Waals surface area contributed by atoms with E-state index in [0.717, 1.165) is 5.56 Å². The Balaban J connectivity index is 2.27. The van der Waals surface area contributed by atoms with E-state index in [0.29, 0.717) is 28.7 Å². The molecule has 0 saturated heterocycles. The number of nitrogens with two attached hydrogens (primary N) is 1. The van der Waals surface area contributed by atoms with Crippen LogP contribution in [0.1, 0.15) is 11.1 Å². The number of nitrogen functional groups attached to an aromatic ring is 1. The summed E-state index contributed by atoms with van der Waals surface area (Å²) in [6.07, 6.45) is 1.65. The fourth-order valence-corrected chi connectivity index (χ4v) is 1.76. The zero-order valence-electron chi connectivity index (χ0n) is 9.72. The van der Waals surface area contributed by atoms with Crippen LogP contribution in [0.3, 0.4) is 0 Å². The molecule has 0 aliphatic carbocycles. The summed E-state index contributed by atoms with van der Waals surface area (Å²) in [6.45, 7) is 0.513. The van der Waals surface area contributed by atoms with Gasteiger partial charge >= 0.3 is 0 Å². The maximum absolute atomic E-state index is 8.89. The van der Waals surface area contributed by atoms with Gasteiger partial charge in [-0.2, -0.15) is 10.4 Å². The van der Waals surface area contributed by atoms with Crippen molar-refractivity contribution in [1.82, 2.24) is 9.78 Å². The van der Waals surface area contributed by atoms with Crippen LogP contribution in [0.5, 0.6) is 5.75 Å². The fourth-order valence-electron chi connectivity index (χ4n) is 1.61. The quantitative estimate of drug-likeness (QED) is 0.918. The highest BCUT2D eigenvalue weighted by Gasteiger charge is 2.06. The number of aromatic nitrogens is 2. The Morgan fingerprint density at radius 2 is 2.33 bits per heavy atom. The highest BCUT2D eigenvalue weighted by molar-refractivity contribution is 6.32. The minimum atomic E-state index is 0.303. The highest BCUT2D eigenvalue weighted by atomic mass is 35.5. The average Bonchev–Trinajstić information content (AvgIpc) is 2.68. The lowest BCUT2D eigenvalue weighted by Crippen LogP contribution is -2.02. The van der Waals surface area contributed by atoms with Crippen molar-refractivity contribution in [3.05, 3.63) is 40.5 Å². The van der Waals surface area contributed by atoms with E-state index < -0.39 is 0 Å². The molecule has 0 fully saturated rings. The molecule has 1 aromatic carbocycles. The van der Waals surface area contributed by atoms with Crippen LogP contribution in [0.2, 0.25) is 5.02 Å². The Kier molecular flexibility index (Phi) is 3.40. The maximum Gasteiger partial charge on any atom is 0.164 e. The number of benzene rings is 1. The third-order valence-electron chi connectivity index (χ3n) is 2.47. The second-order valence-corrected chi connectivity index (χ2v) is 4.11. The molecule has 0 spiro atoms. The molecule has 0 atom stereocenters. The molecule has 0 saturated carbocycles. The van der Waals surface area contributed by atoms with Crippen molar-refractivity contribution in [2.45, 2.75) is 6.54 Å². The van der Waals surface area contributed by atoms with Gasteiger partial charge in [-0.25, -0.2) is 0 Å². The van der Waals surface area contributed by atoms with Gasteiger partial charge in [-0.3, -0.25) is 4.68 Å². The van der Waals surface area contributed by atoms with E-state index in [4.69, 9.17) is 27.3 Å². The number of halogens is 1. The number of ether oxygens (including phenoxy) is 1. The van der Waals surface area contributed by atoms with Gasteiger partial charge in [0.1, 0.15) is 16.8 Å². The summed E-state index contributed by atoms with van der Waals surface area (Å²) in [7, 11) is 1.53. The molecule has 0 unspecified atom stereocenters. The van der Waals surface area contributed by atoms with Gasteiger partial charge in [-0.1, -0.05) is 17.7 Å². The van der Waals surface area contributed by atoms with E-state index in [9.17, 15) is 0 Å². The van der Waals surface area contributed by atoms with Crippen LogP contribution in [0.4, 0.5) is 5.82 Å². The van der Waals surface area contributed by atoms with Crippen LogP contribution >= 0.6 is 11.6 Å². The number of methoxy groups -OCH3 is 1. The summed E-state index contributed by atoms with van der Waals surface area (Å²) >= 11 is 5.83. The van der Waals surface area contributed by atoms with Gasteiger partial charge in [0.25, 0.3) is 0 Å². The van der Waals surface area contributed by atoms with E-state index in [-0.39, 0.29) is 0 Å². The Morgan fingerprint density at radius 3 is 2.89 bits per heavy atom. The van der Waals surface area contributed by atoms with Crippen molar-refractivity contribution >= 4 is 17.4 Å². The minimum absolute atomic E-state index is 0.303. The van der Waals surface area contributed by atoms with Crippen molar-refractivity contribution in [2.75, 3.05) is 12.8 Å². The molecule has 2 N–H and O–H groups in total. The molecular formula is C12H11ClN4O. The maximum atomic E-state index is 8.89. The molecule has 18 heavy (non-hydrogen) atoms. The van der Waals surface area contributed by atoms with Crippen LogP contribution in [0, 0.1) is 11.3 Å². The van der Waals surface area contributed by atoms with Crippen LogP contribution in [0.15, 0.2) is 24.4 Å². The van der Waals surface area contributed by atoms with Gasteiger partial charge in [0.15, 0.2) is 5.82 Å². The van der Waals surface area contributed by atoms with Gasteiger partial charge in [0.05, 0.1) is 19.2 Å². The summed E-state index contributed by atoms with van der Waals surface area (Å²) in [5.41, 5.74) is 7.01. The molecule has 2 aromatic rings. The summed E-state index contributed by atoms with van der Waals surface area (Å²) in [4.78, 5) is 0. The molecule has 92 valence electrons. The standard InChI is InChI=1S/C12H11ClN4O/c1-18-11-4-8(2-3-9(11)5-14)6-17-7-10(13)12(15)16-17/h2-4,7H,6H2,1H3,(H2,15,16). The number of nitriles is 1. The van der Waals surface area contributed by atoms with Crippen molar-refractivity contribution < 1.29 is 4.74 Å². The van der Waals surface area contributed by atoms with Crippen LogP contribution in [-0.2, 0) is 6.54 Å². The van der Waals surface area contributed by atoms with Crippen molar-refractivity contribution in [3.63, 3.8) is 0 Å². The number of hydrogen-bond acceptors (Lipinski definition) is 4. The molecular weight excluding hydrogens is 252 g/mol. The molecule has 0 radical (unpaired) electrons. The Labute approximate surface area is 109 Å². The molecule has 0 bridgehead atoms. The predicted molar refractivity (Wildman–Crippen MR) is 68.5 cm³/mol. The molecule has 2 rings (SSSR count). The molecule has 6 heteroatoms. The zero-order chi connectivity index (χ0) is 13.1. The van der Waals surface area contributed by atoms with Gasteiger partial charge in [0, 0.05) is 6.20 Å². The lowest BCUT2D eigenvalue weighted by atomic mass is 10.1. The third-order valence-corrected chi connectivity index (χ3v) is 2.77. The van der Waals surface area contributed by atoms with E-state index in [1.54, 1.807) is 23.0 Å². The van der Waals surface area contributed by atoms with Crippen molar-refractivity contribution in [1.29, 1.82) is 5.26 Å². The lowest BCUT2D eigenvalue weighted by molar-refractivity contribution is 0.412. The first kappa shape index (κ1) is 12.3. The smallest absolute Gasteiger partial charge is 0.164 e. The molecule has 1 heterocycles. The van der Waals surface area contributed by atoms with E-state index in [2.05, 4.69) is 11.2 Å². The summed E-state index contributed by atoms with van der Waals surface area (Å²) in [5.74, 6) is 0.846. The topological polar surface area (TPSA) is 76.9 Å². The fraction of sp³-hybridized carbons (Fsp3) is 0.167. The molecule has 5 nitrogen and oxygen atoms in total. The normalized spacial score (nSPS) is 10.1. The first-order valence-corrected chi connectivity index (χ1v) is 5.57. The third kappa shape index (κ3) is 2.39. The highest BCUT2D eigenvalue weighted by Crippen LogP contribution is 2.21. The number of anilines is 1. The van der Waals surface area contributed by atoms with Crippen molar-refractivity contribution in [2.24, 2.45) is 0 Å². The Bertz CT molecular complexity index is 596. The van der Waals surface area contributed by atoms with Gasteiger partial charge in [-0.05, 0) is 17.7 Å². The summed E-state index contributed by atoms with van der Waals surface area (Å²) < 4.78 is 6.78. The Morgan fingerprint density at radius 1 is 1.56 bits per heavy atom. The predicted octanol–water partition coefficient (Wildman–Crippen LogP) is 2.05. The first-order chi connectivity index (χ1) is 8.63. The van der Waals surface area contributed by atoms with Gasteiger partial charge in [0.2, 0.25) is 0 Å².